The summed E-state index contributed by atoms with van der Waals surface area (Å²) in [4.78, 5) is 13.9. The van der Waals surface area contributed by atoms with Gasteiger partial charge in [0.05, 0.1) is 10.5 Å². The summed E-state index contributed by atoms with van der Waals surface area (Å²) in [5.74, 6) is -1.25. The molecule has 1 aromatic carbocycles. The van der Waals surface area contributed by atoms with E-state index in [4.69, 9.17) is 0 Å². The molecule has 1 atom stereocenters. The second-order valence-corrected chi connectivity index (χ2v) is 5.81. The monoisotopic (exact) mass is 346 g/mol. The first-order valence-corrected chi connectivity index (χ1v) is 7.44. The molecular weight excluding hydrogens is 330 g/mol. The maximum atomic E-state index is 13.8. The van der Waals surface area contributed by atoms with Gasteiger partial charge in [-0.1, -0.05) is 0 Å². The zero-order chi connectivity index (χ0) is 14.7. The van der Waals surface area contributed by atoms with Gasteiger partial charge in [0.1, 0.15) is 11.6 Å². The van der Waals surface area contributed by atoms with Gasteiger partial charge >= 0.3 is 0 Å². The zero-order valence-electron chi connectivity index (χ0n) is 11.3. The SMILES string of the molecule is CC(NCc1c(F)ccc(Br)c1F)C(=O)N1CCCC1. The van der Waals surface area contributed by atoms with Crippen molar-refractivity contribution in [2.75, 3.05) is 13.1 Å². The van der Waals surface area contributed by atoms with Crippen molar-refractivity contribution in [1.82, 2.24) is 10.2 Å². The van der Waals surface area contributed by atoms with Crippen molar-refractivity contribution in [2.45, 2.75) is 32.4 Å². The Morgan fingerprint density at radius 3 is 2.70 bits per heavy atom. The molecule has 0 saturated carbocycles. The van der Waals surface area contributed by atoms with Crippen molar-refractivity contribution in [1.29, 1.82) is 0 Å². The number of carbonyl (C=O) groups excluding carboxylic acids is 1. The number of carbonyl (C=O) groups is 1. The van der Waals surface area contributed by atoms with Gasteiger partial charge in [0, 0.05) is 25.2 Å². The molecule has 110 valence electrons. The van der Waals surface area contributed by atoms with Crippen LogP contribution in [0.15, 0.2) is 16.6 Å². The summed E-state index contributed by atoms with van der Waals surface area (Å²) in [5.41, 5.74) is -0.0551. The van der Waals surface area contributed by atoms with Crippen LogP contribution in [0.25, 0.3) is 0 Å². The van der Waals surface area contributed by atoms with Crippen LogP contribution in [-0.4, -0.2) is 29.9 Å². The van der Waals surface area contributed by atoms with Crippen LogP contribution in [0.4, 0.5) is 8.78 Å². The van der Waals surface area contributed by atoms with Crippen molar-refractivity contribution in [2.24, 2.45) is 0 Å². The first kappa shape index (κ1) is 15.4. The van der Waals surface area contributed by atoms with Crippen molar-refractivity contribution >= 4 is 21.8 Å². The molecule has 0 radical (unpaired) electrons. The minimum Gasteiger partial charge on any atom is -0.341 e. The molecular formula is C14H17BrF2N2O. The molecule has 1 aliphatic heterocycles. The first-order valence-electron chi connectivity index (χ1n) is 6.65. The van der Waals surface area contributed by atoms with E-state index in [1.165, 1.54) is 12.1 Å². The Bertz CT molecular complexity index is 504. The predicted octanol–water partition coefficient (Wildman–Crippen LogP) is 2.83. The van der Waals surface area contributed by atoms with Crippen molar-refractivity contribution in [3.05, 3.63) is 33.8 Å². The van der Waals surface area contributed by atoms with E-state index >= 15 is 0 Å². The number of amides is 1. The Labute approximate surface area is 125 Å². The minimum atomic E-state index is -0.627. The predicted molar refractivity (Wildman–Crippen MR) is 76.2 cm³/mol. The number of halogens is 3. The summed E-state index contributed by atoms with van der Waals surface area (Å²) in [5, 5.41) is 2.89. The smallest absolute Gasteiger partial charge is 0.239 e. The maximum absolute atomic E-state index is 13.8. The highest BCUT2D eigenvalue weighted by Gasteiger charge is 2.23. The van der Waals surface area contributed by atoms with E-state index in [-0.39, 0.29) is 22.5 Å². The summed E-state index contributed by atoms with van der Waals surface area (Å²) in [6.45, 7) is 3.24. The molecule has 1 fully saturated rings. The van der Waals surface area contributed by atoms with Crippen LogP contribution in [0.3, 0.4) is 0 Å². The van der Waals surface area contributed by atoms with Gasteiger partial charge in [-0.05, 0) is 47.8 Å². The fourth-order valence-electron chi connectivity index (χ4n) is 2.28. The van der Waals surface area contributed by atoms with E-state index < -0.39 is 17.7 Å². The van der Waals surface area contributed by atoms with Gasteiger partial charge in [-0.25, -0.2) is 8.78 Å². The second kappa shape index (κ2) is 6.63. The fourth-order valence-corrected chi connectivity index (χ4v) is 2.66. The number of nitrogens with zero attached hydrogens (tertiary/aromatic N) is 1. The summed E-state index contributed by atoms with van der Waals surface area (Å²) >= 11 is 3.03. The third kappa shape index (κ3) is 3.35. The van der Waals surface area contributed by atoms with Crippen LogP contribution in [0.2, 0.25) is 0 Å². The van der Waals surface area contributed by atoms with Gasteiger partial charge in [0.2, 0.25) is 5.91 Å². The van der Waals surface area contributed by atoms with Crippen molar-refractivity contribution in [3.63, 3.8) is 0 Å². The largest absolute Gasteiger partial charge is 0.341 e. The number of hydrogen-bond donors (Lipinski definition) is 1. The van der Waals surface area contributed by atoms with Gasteiger partial charge in [-0.3, -0.25) is 4.79 Å². The molecule has 1 aliphatic rings. The van der Waals surface area contributed by atoms with Gasteiger partial charge in [-0.2, -0.15) is 0 Å². The summed E-state index contributed by atoms with van der Waals surface area (Å²) in [7, 11) is 0. The molecule has 1 saturated heterocycles. The van der Waals surface area contributed by atoms with Crippen LogP contribution >= 0.6 is 15.9 Å². The highest BCUT2D eigenvalue weighted by atomic mass is 79.9. The van der Waals surface area contributed by atoms with E-state index in [0.717, 1.165) is 25.9 Å². The zero-order valence-corrected chi connectivity index (χ0v) is 12.8. The number of nitrogens with one attached hydrogen (secondary N) is 1. The minimum absolute atomic E-state index is 0.0155. The van der Waals surface area contributed by atoms with E-state index in [9.17, 15) is 13.6 Å². The van der Waals surface area contributed by atoms with Crippen molar-refractivity contribution < 1.29 is 13.6 Å². The second-order valence-electron chi connectivity index (χ2n) is 4.96. The lowest BCUT2D eigenvalue weighted by Gasteiger charge is -2.21. The lowest BCUT2D eigenvalue weighted by molar-refractivity contribution is -0.132. The normalized spacial score (nSPS) is 16.5. The molecule has 0 aromatic heterocycles. The Balaban J connectivity index is 1.98. The van der Waals surface area contributed by atoms with Crippen LogP contribution in [0.5, 0.6) is 0 Å². The molecule has 6 heteroatoms. The standard InChI is InChI=1S/C14H17BrF2N2O/c1-9(14(20)19-6-2-3-7-19)18-8-10-12(16)5-4-11(15)13(10)17/h4-5,9,18H,2-3,6-8H2,1H3. The van der Waals surface area contributed by atoms with E-state index in [2.05, 4.69) is 21.2 Å². The highest BCUT2D eigenvalue weighted by molar-refractivity contribution is 9.10. The highest BCUT2D eigenvalue weighted by Crippen LogP contribution is 2.21. The molecule has 1 aromatic rings. The molecule has 2 rings (SSSR count). The summed E-state index contributed by atoms with van der Waals surface area (Å²) in [6.07, 6.45) is 2.04. The van der Waals surface area contributed by atoms with E-state index in [1.807, 2.05) is 0 Å². The average molecular weight is 347 g/mol. The van der Waals surface area contributed by atoms with E-state index in [0.29, 0.717) is 0 Å². The lowest BCUT2D eigenvalue weighted by Crippen LogP contribution is -2.43. The molecule has 1 heterocycles. The Hall–Kier alpha value is -1.01. The van der Waals surface area contributed by atoms with Crippen LogP contribution < -0.4 is 5.32 Å². The first-order chi connectivity index (χ1) is 9.50. The Morgan fingerprint density at radius 2 is 2.05 bits per heavy atom. The third-order valence-corrected chi connectivity index (χ3v) is 4.12. The van der Waals surface area contributed by atoms with Gasteiger partial charge < -0.3 is 10.2 Å². The summed E-state index contributed by atoms with van der Waals surface area (Å²) < 4.78 is 27.6. The third-order valence-electron chi connectivity index (χ3n) is 3.51. The molecule has 0 spiro atoms. The lowest BCUT2D eigenvalue weighted by atomic mass is 10.2. The van der Waals surface area contributed by atoms with Crippen LogP contribution in [0.1, 0.15) is 25.3 Å². The molecule has 1 N–H and O–H groups in total. The molecule has 1 amide bonds. The molecule has 0 aliphatic carbocycles. The number of hydrogen-bond acceptors (Lipinski definition) is 2. The Kier molecular flexibility index (Phi) is 5.10. The van der Waals surface area contributed by atoms with Gasteiger partial charge in [0.25, 0.3) is 0 Å². The van der Waals surface area contributed by atoms with Crippen LogP contribution in [0, 0.1) is 11.6 Å². The molecule has 20 heavy (non-hydrogen) atoms. The maximum Gasteiger partial charge on any atom is 0.239 e. The number of likely N-dealkylation sites (tertiary alicyclic amines) is 1. The topological polar surface area (TPSA) is 32.3 Å². The summed E-state index contributed by atoms with van der Waals surface area (Å²) in [6, 6.07) is 2.08. The fraction of sp³-hybridized carbons (Fsp3) is 0.500. The van der Waals surface area contributed by atoms with Gasteiger partial charge in [-0.15, -0.1) is 0 Å². The van der Waals surface area contributed by atoms with Crippen molar-refractivity contribution in [3.8, 4) is 0 Å². The number of benzene rings is 1. The molecule has 3 nitrogen and oxygen atoms in total. The average Bonchev–Trinajstić information content (AvgIpc) is 2.96. The van der Waals surface area contributed by atoms with Gasteiger partial charge in [0.15, 0.2) is 0 Å². The quantitative estimate of drug-likeness (QED) is 0.850. The van der Waals surface area contributed by atoms with E-state index in [1.54, 1.807) is 11.8 Å². The number of rotatable bonds is 4. The Morgan fingerprint density at radius 1 is 1.40 bits per heavy atom. The van der Waals surface area contributed by atoms with Crippen LogP contribution in [-0.2, 0) is 11.3 Å². The molecule has 1 unspecified atom stereocenters. The molecule has 0 bridgehead atoms.